The zero-order valence-electron chi connectivity index (χ0n) is 17.5. The molecule has 0 amide bonds. The molecule has 0 N–H and O–H groups in total. The molecule has 0 aliphatic rings. The summed E-state index contributed by atoms with van der Waals surface area (Å²) in [6.45, 7) is 15.8. The Morgan fingerprint density at radius 2 is 1.28 bits per heavy atom. The van der Waals surface area contributed by atoms with Gasteiger partial charge < -0.3 is 0 Å². The third-order valence-electron chi connectivity index (χ3n) is 5.33. The van der Waals surface area contributed by atoms with Crippen LogP contribution in [0.4, 0.5) is 0 Å². The molecule has 0 saturated heterocycles. The summed E-state index contributed by atoms with van der Waals surface area (Å²) in [5.41, 5.74) is 11.1. The van der Waals surface area contributed by atoms with Gasteiger partial charge >= 0.3 is 17.1 Å². The second kappa shape index (κ2) is 12.6. The molecular formula is C24H38Fe. The summed E-state index contributed by atoms with van der Waals surface area (Å²) in [7, 11) is 0. The molecule has 142 valence electrons. The molecule has 2 aromatic carbocycles. The van der Waals surface area contributed by atoms with Crippen molar-refractivity contribution in [3.8, 4) is 0 Å². The van der Waals surface area contributed by atoms with E-state index in [9.17, 15) is 0 Å². The van der Waals surface area contributed by atoms with E-state index in [4.69, 9.17) is 0 Å². The van der Waals surface area contributed by atoms with Crippen LogP contribution in [0.3, 0.4) is 0 Å². The maximum Gasteiger partial charge on any atom is 2.00 e. The first-order chi connectivity index (χ1) is 11.6. The average Bonchev–Trinajstić information content (AvgIpc) is 3.20. The molecule has 0 heterocycles. The molecule has 0 spiro atoms. The van der Waals surface area contributed by atoms with Gasteiger partial charge in [-0.3, -0.25) is 0 Å². The standard InChI is InChI=1S/C13H21.C11H17.Fe/c1-5-10-9-11(6-2)13(8-4)12(10)7-3;1-4-9-7-8-10(5-2)11(9)6-3;/h9H,5-8H2,1-4H3;7-8H,4-6H2,1-3H3;/q2*-1;+2. The Bertz CT molecular complexity index is 550. The average molecular weight is 382 g/mol. The first-order valence-corrected chi connectivity index (χ1v) is 10.2. The second-order valence-electron chi connectivity index (χ2n) is 6.49. The van der Waals surface area contributed by atoms with Crippen LogP contribution in [0.5, 0.6) is 0 Å². The fourth-order valence-electron chi connectivity index (χ4n) is 4.01. The molecule has 2 rings (SSSR count). The summed E-state index contributed by atoms with van der Waals surface area (Å²) < 4.78 is 0. The summed E-state index contributed by atoms with van der Waals surface area (Å²) >= 11 is 0. The molecule has 0 fully saturated rings. The van der Waals surface area contributed by atoms with Crippen LogP contribution < -0.4 is 0 Å². The zero-order chi connectivity index (χ0) is 18.1. The van der Waals surface area contributed by atoms with Gasteiger partial charge in [0.25, 0.3) is 0 Å². The van der Waals surface area contributed by atoms with Crippen molar-refractivity contribution in [3.63, 3.8) is 0 Å². The van der Waals surface area contributed by atoms with Crippen LogP contribution in [0.2, 0.25) is 0 Å². The molecule has 0 bridgehead atoms. The van der Waals surface area contributed by atoms with E-state index < -0.39 is 0 Å². The first-order valence-electron chi connectivity index (χ1n) is 10.2. The van der Waals surface area contributed by atoms with E-state index in [-0.39, 0.29) is 17.1 Å². The van der Waals surface area contributed by atoms with Gasteiger partial charge in [0, 0.05) is 0 Å². The minimum Gasteiger partial charge on any atom is -0.210 e. The van der Waals surface area contributed by atoms with Crippen molar-refractivity contribution in [1.82, 2.24) is 0 Å². The van der Waals surface area contributed by atoms with Gasteiger partial charge in [-0.2, -0.15) is 45.0 Å². The van der Waals surface area contributed by atoms with Crippen molar-refractivity contribution in [2.45, 2.75) is 93.4 Å². The third kappa shape index (κ3) is 5.87. The molecular weight excluding hydrogens is 344 g/mol. The zero-order valence-corrected chi connectivity index (χ0v) is 18.6. The van der Waals surface area contributed by atoms with Crippen LogP contribution in [0.15, 0.2) is 18.2 Å². The van der Waals surface area contributed by atoms with Gasteiger partial charge in [0.1, 0.15) is 0 Å². The number of aryl methyl sites for hydroxylation is 4. The predicted octanol–water partition coefficient (Wildman–Crippen LogP) is 6.75. The van der Waals surface area contributed by atoms with E-state index in [1.807, 2.05) is 0 Å². The molecule has 0 nitrogen and oxygen atoms in total. The van der Waals surface area contributed by atoms with Crippen molar-refractivity contribution in [1.29, 1.82) is 0 Å². The summed E-state index contributed by atoms with van der Waals surface area (Å²) in [6.07, 6.45) is 8.34. The Morgan fingerprint density at radius 3 is 1.68 bits per heavy atom. The van der Waals surface area contributed by atoms with Crippen LogP contribution in [-0.4, -0.2) is 0 Å². The third-order valence-corrected chi connectivity index (χ3v) is 5.33. The van der Waals surface area contributed by atoms with Gasteiger partial charge in [0.05, 0.1) is 0 Å². The first kappa shape index (κ1) is 24.2. The summed E-state index contributed by atoms with van der Waals surface area (Å²) in [5.74, 6) is 0. The van der Waals surface area contributed by atoms with E-state index >= 15 is 0 Å². The molecule has 0 aliphatic carbocycles. The topological polar surface area (TPSA) is 0 Å². The smallest absolute Gasteiger partial charge is 0.210 e. The number of hydrogen-bond acceptors (Lipinski definition) is 0. The van der Waals surface area contributed by atoms with Gasteiger partial charge in [-0.15, -0.1) is 0 Å². The molecule has 0 atom stereocenters. The monoisotopic (exact) mass is 382 g/mol. The normalized spacial score (nSPS) is 10.2. The minimum absolute atomic E-state index is 0. The SMILES string of the molecule is CCc1cc(CC)[c-](CC)c1CC.CCc1cc[c-](CC)c1CC.[Fe+2]. The van der Waals surface area contributed by atoms with Gasteiger partial charge in [0.15, 0.2) is 0 Å². The van der Waals surface area contributed by atoms with Crippen molar-refractivity contribution < 1.29 is 17.1 Å². The Hall–Kier alpha value is -0.781. The number of rotatable bonds is 7. The summed E-state index contributed by atoms with van der Waals surface area (Å²) in [4.78, 5) is 0. The van der Waals surface area contributed by atoms with Crippen LogP contribution >= 0.6 is 0 Å². The van der Waals surface area contributed by atoms with E-state index in [0.29, 0.717) is 0 Å². The van der Waals surface area contributed by atoms with E-state index in [2.05, 4.69) is 66.7 Å². The Morgan fingerprint density at radius 1 is 0.680 bits per heavy atom. The van der Waals surface area contributed by atoms with E-state index in [1.165, 1.54) is 44.9 Å². The van der Waals surface area contributed by atoms with Gasteiger partial charge in [0.2, 0.25) is 0 Å². The van der Waals surface area contributed by atoms with Gasteiger partial charge in [-0.1, -0.05) is 93.4 Å². The van der Waals surface area contributed by atoms with Crippen molar-refractivity contribution in [3.05, 3.63) is 57.1 Å². The molecule has 2 aromatic rings. The van der Waals surface area contributed by atoms with Crippen molar-refractivity contribution in [2.75, 3.05) is 0 Å². The quantitative estimate of drug-likeness (QED) is 0.367. The molecule has 0 unspecified atom stereocenters. The number of hydrogen-bond donors (Lipinski definition) is 0. The summed E-state index contributed by atoms with van der Waals surface area (Å²) in [5, 5.41) is 0. The van der Waals surface area contributed by atoms with Crippen LogP contribution in [0, 0.1) is 0 Å². The van der Waals surface area contributed by atoms with Crippen LogP contribution in [0.1, 0.15) is 87.4 Å². The molecule has 0 radical (unpaired) electrons. The largest absolute Gasteiger partial charge is 2.00 e. The minimum atomic E-state index is 0. The molecule has 25 heavy (non-hydrogen) atoms. The van der Waals surface area contributed by atoms with Gasteiger partial charge in [-0.25, -0.2) is 12.1 Å². The van der Waals surface area contributed by atoms with Crippen LogP contribution in [-0.2, 0) is 62.0 Å². The molecule has 0 aliphatic heterocycles. The fourth-order valence-corrected chi connectivity index (χ4v) is 4.01. The Balaban J connectivity index is 0.000000449. The van der Waals surface area contributed by atoms with Crippen molar-refractivity contribution >= 4 is 0 Å². The predicted molar refractivity (Wildman–Crippen MR) is 110 cm³/mol. The second-order valence-corrected chi connectivity index (χ2v) is 6.49. The maximum atomic E-state index is 2.41. The molecule has 1 heteroatoms. The van der Waals surface area contributed by atoms with Crippen molar-refractivity contribution in [2.24, 2.45) is 0 Å². The Kier molecular flexibility index (Phi) is 12.2. The van der Waals surface area contributed by atoms with Crippen LogP contribution in [0.25, 0.3) is 0 Å². The molecule has 0 saturated carbocycles. The van der Waals surface area contributed by atoms with E-state index in [1.54, 1.807) is 38.9 Å². The fraction of sp³-hybridized carbons (Fsp3) is 0.583. The summed E-state index contributed by atoms with van der Waals surface area (Å²) in [6, 6.07) is 6.97. The molecule has 0 aromatic heterocycles. The maximum absolute atomic E-state index is 2.41. The van der Waals surface area contributed by atoms with E-state index in [0.717, 1.165) is 0 Å². The Labute approximate surface area is 167 Å². The van der Waals surface area contributed by atoms with Gasteiger partial charge in [-0.05, 0) is 0 Å².